The third-order valence-corrected chi connectivity index (χ3v) is 6.13. The molecule has 0 bridgehead atoms. The number of rotatable bonds is 10. The Bertz CT molecular complexity index is 547. The molecular weight excluding hydrogens is 327 g/mol. The van der Waals surface area contributed by atoms with E-state index in [2.05, 4.69) is 13.8 Å². The fourth-order valence-electron chi connectivity index (χ4n) is 3.70. The van der Waals surface area contributed by atoms with E-state index < -0.39 is 0 Å². The standard InChI is InChI=1S/C23H35FO2/c1-3-17(2)15-25-21-10-7-18(8-11-21)6-9-20-14-22(12-13-23(20)24)26-16-19-4-5-19/h12-14,17-19,21H,3-11,15-16H2,1-2H3/t17-,18?,21?/m1/s1. The minimum atomic E-state index is -0.0886. The zero-order valence-corrected chi connectivity index (χ0v) is 16.5. The second-order valence-corrected chi connectivity index (χ2v) is 8.54. The van der Waals surface area contributed by atoms with Gasteiger partial charge >= 0.3 is 0 Å². The smallest absolute Gasteiger partial charge is 0.126 e. The molecule has 1 atom stereocenters. The van der Waals surface area contributed by atoms with E-state index in [9.17, 15) is 4.39 Å². The van der Waals surface area contributed by atoms with E-state index in [4.69, 9.17) is 9.47 Å². The Labute approximate surface area is 158 Å². The lowest BCUT2D eigenvalue weighted by atomic mass is 9.83. The lowest BCUT2D eigenvalue weighted by Gasteiger charge is -2.29. The summed E-state index contributed by atoms with van der Waals surface area (Å²) >= 11 is 0. The van der Waals surface area contributed by atoms with Crippen molar-refractivity contribution in [3.05, 3.63) is 29.6 Å². The first-order valence-electron chi connectivity index (χ1n) is 10.7. The predicted octanol–water partition coefficient (Wildman–Crippen LogP) is 6.17. The summed E-state index contributed by atoms with van der Waals surface area (Å²) in [6.07, 6.45) is 10.8. The monoisotopic (exact) mass is 362 g/mol. The summed E-state index contributed by atoms with van der Waals surface area (Å²) in [5.74, 6) is 2.82. The molecule has 2 aliphatic rings. The van der Waals surface area contributed by atoms with E-state index in [0.717, 1.165) is 56.1 Å². The highest BCUT2D eigenvalue weighted by Gasteiger charge is 2.23. The summed E-state index contributed by atoms with van der Waals surface area (Å²) in [6.45, 7) is 6.15. The minimum absolute atomic E-state index is 0.0886. The van der Waals surface area contributed by atoms with Gasteiger partial charge in [-0.2, -0.15) is 0 Å². The Hall–Kier alpha value is -1.09. The molecule has 146 valence electrons. The maximum absolute atomic E-state index is 14.1. The lowest BCUT2D eigenvalue weighted by Crippen LogP contribution is -2.24. The maximum atomic E-state index is 14.1. The van der Waals surface area contributed by atoms with E-state index in [1.54, 1.807) is 12.1 Å². The van der Waals surface area contributed by atoms with Crippen molar-refractivity contribution in [1.82, 2.24) is 0 Å². The normalized spacial score (nSPS) is 24.4. The molecule has 0 heterocycles. The van der Waals surface area contributed by atoms with Crippen LogP contribution in [0.25, 0.3) is 0 Å². The molecule has 0 spiro atoms. The molecule has 0 amide bonds. The summed E-state index contributed by atoms with van der Waals surface area (Å²) in [5, 5.41) is 0. The number of hydrogen-bond acceptors (Lipinski definition) is 2. The van der Waals surface area contributed by atoms with Crippen LogP contribution in [0.15, 0.2) is 18.2 Å². The molecule has 0 radical (unpaired) electrons. The highest BCUT2D eigenvalue weighted by Crippen LogP contribution is 2.32. The largest absolute Gasteiger partial charge is 0.493 e. The number of ether oxygens (including phenoxy) is 2. The maximum Gasteiger partial charge on any atom is 0.126 e. The molecule has 1 aromatic carbocycles. The van der Waals surface area contributed by atoms with Gasteiger partial charge in [-0.1, -0.05) is 20.3 Å². The first kappa shape index (κ1) is 19.7. The molecule has 0 N–H and O–H groups in total. The van der Waals surface area contributed by atoms with Crippen LogP contribution in [-0.4, -0.2) is 19.3 Å². The first-order chi connectivity index (χ1) is 12.6. The molecule has 2 aliphatic carbocycles. The molecule has 1 aromatic rings. The van der Waals surface area contributed by atoms with Gasteiger partial charge < -0.3 is 9.47 Å². The van der Waals surface area contributed by atoms with Crippen LogP contribution in [0, 0.1) is 23.6 Å². The van der Waals surface area contributed by atoms with Crippen molar-refractivity contribution in [3.63, 3.8) is 0 Å². The molecule has 0 aliphatic heterocycles. The van der Waals surface area contributed by atoms with Crippen LogP contribution >= 0.6 is 0 Å². The van der Waals surface area contributed by atoms with E-state index in [0.29, 0.717) is 17.9 Å². The van der Waals surface area contributed by atoms with Crippen molar-refractivity contribution in [2.75, 3.05) is 13.2 Å². The van der Waals surface area contributed by atoms with Crippen molar-refractivity contribution in [1.29, 1.82) is 0 Å². The van der Waals surface area contributed by atoms with Gasteiger partial charge in [0, 0.05) is 6.61 Å². The molecule has 0 unspecified atom stereocenters. The third-order valence-electron chi connectivity index (χ3n) is 6.13. The highest BCUT2D eigenvalue weighted by molar-refractivity contribution is 5.30. The van der Waals surface area contributed by atoms with Gasteiger partial charge in [0.1, 0.15) is 11.6 Å². The molecule has 2 nitrogen and oxygen atoms in total. The van der Waals surface area contributed by atoms with Crippen LogP contribution < -0.4 is 4.74 Å². The van der Waals surface area contributed by atoms with E-state index >= 15 is 0 Å². The van der Waals surface area contributed by atoms with Gasteiger partial charge in [0.05, 0.1) is 12.7 Å². The van der Waals surface area contributed by atoms with Gasteiger partial charge in [0.2, 0.25) is 0 Å². The molecule has 2 saturated carbocycles. The summed E-state index contributed by atoms with van der Waals surface area (Å²) in [5.41, 5.74) is 0.813. The lowest BCUT2D eigenvalue weighted by molar-refractivity contribution is 0.000775. The summed E-state index contributed by atoms with van der Waals surface area (Å²) in [7, 11) is 0. The molecule has 0 saturated heterocycles. The molecule has 2 fully saturated rings. The zero-order valence-electron chi connectivity index (χ0n) is 16.5. The van der Waals surface area contributed by atoms with E-state index in [-0.39, 0.29) is 5.82 Å². The molecule has 26 heavy (non-hydrogen) atoms. The van der Waals surface area contributed by atoms with Gasteiger partial charge in [-0.3, -0.25) is 0 Å². The van der Waals surface area contributed by atoms with Gasteiger partial charge in [-0.05, 0) is 92.9 Å². The topological polar surface area (TPSA) is 18.5 Å². The van der Waals surface area contributed by atoms with E-state index in [1.807, 2.05) is 6.07 Å². The van der Waals surface area contributed by atoms with Crippen molar-refractivity contribution in [2.24, 2.45) is 17.8 Å². The zero-order chi connectivity index (χ0) is 18.4. The Kier molecular flexibility index (Phi) is 7.36. The number of aryl methyl sites for hydroxylation is 1. The molecule has 3 heteroatoms. The predicted molar refractivity (Wildman–Crippen MR) is 104 cm³/mol. The van der Waals surface area contributed by atoms with Gasteiger partial charge in [0.15, 0.2) is 0 Å². The Balaban J connectivity index is 1.39. The van der Waals surface area contributed by atoms with Crippen LogP contribution in [0.5, 0.6) is 5.75 Å². The fourth-order valence-corrected chi connectivity index (χ4v) is 3.70. The number of benzene rings is 1. The Morgan fingerprint density at radius 1 is 1.08 bits per heavy atom. The van der Waals surface area contributed by atoms with Gasteiger partial charge in [-0.25, -0.2) is 4.39 Å². The van der Waals surface area contributed by atoms with E-state index in [1.165, 1.54) is 32.1 Å². The van der Waals surface area contributed by atoms with Crippen LogP contribution in [0.3, 0.4) is 0 Å². The molecular formula is C23H35FO2. The second-order valence-electron chi connectivity index (χ2n) is 8.54. The highest BCUT2D eigenvalue weighted by atomic mass is 19.1. The fraction of sp³-hybridized carbons (Fsp3) is 0.739. The van der Waals surface area contributed by atoms with Crippen LogP contribution in [0.2, 0.25) is 0 Å². The third kappa shape index (κ3) is 6.26. The number of halogens is 1. The van der Waals surface area contributed by atoms with Gasteiger partial charge in [0.25, 0.3) is 0 Å². The Morgan fingerprint density at radius 2 is 1.81 bits per heavy atom. The van der Waals surface area contributed by atoms with Crippen molar-refractivity contribution in [2.45, 2.75) is 77.7 Å². The molecule has 3 rings (SSSR count). The quantitative estimate of drug-likeness (QED) is 0.495. The molecule has 0 aromatic heterocycles. The van der Waals surface area contributed by atoms with Crippen LogP contribution in [-0.2, 0) is 11.2 Å². The summed E-state index contributed by atoms with van der Waals surface area (Å²) in [6, 6.07) is 5.25. The average molecular weight is 363 g/mol. The summed E-state index contributed by atoms with van der Waals surface area (Å²) < 4.78 is 26.0. The minimum Gasteiger partial charge on any atom is -0.493 e. The summed E-state index contributed by atoms with van der Waals surface area (Å²) in [4.78, 5) is 0. The first-order valence-corrected chi connectivity index (χ1v) is 10.7. The van der Waals surface area contributed by atoms with Crippen LogP contribution in [0.4, 0.5) is 4.39 Å². The van der Waals surface area contributed by atoms with Crippen LogP contribution in [0.1, 0.15) is 70.8 Å². The van der Waals surface area contributed by atoms with Crippen molar-refractivity contribution >= 4 is 0 Å². The SMILES string of the molecule is CC[C@@H](C)COC1CCC(CCc2cc(OCC3CC3)ccc2F)CC1. The number of hydrogen-bond donors (Lipinski definition) is 0. The average Bonchev–Trinajstić information content (AvgIpc) is 3.49. The van der Waals surface area contributed by atoms with Crippen molar-refractivity contribution in [3.8, 4) is 5.75 Å². The Morgan fingerprint density at radius 3 is 2.50 bits per heavy atom. The second kappa shape index (κ2) is 9.73. The van der Waals surface area contributed by atoms with Gasteiger partial charge in [-0.15, -0.1) is 0 Å². The van der Waals surface area contributed by atoms with Crippen molar-refractivity contribution < 1.29 is 13.9 Å².